The van der Waals surface area contributed by atoms with Crippen LogP contribution in [0.5, 0.6) is 0 Å². The molecule has 1 atom stereocenters. The van der Waals surface area contributed by atoms with E-state index in [-0.39, 0.29) is 25.3 Å². The van der Waals surface area contributed by atoms with Crippen LogP contribution in [0.15, 0.2) is 0 Å². The summed E-state index contributed by atoms with van der Waals surface area (Å²) in [4.78, 5) is 32.4. The lowest BCUT2D eigenvalue weighted by atomic mass is 9.67. The minimum Gasteiger partial charge on any atom is -0.481 e. The highest BCUT2D eigenvalue weighted by atomic mass is 32.1. The van der Waals surface area contributed by atoms with E-state index in [1.165, 1.54) is 0 Å². The Bertz CT molecular complexity index is 277. The van der Waals surface area contributed by atoms with Crippen molar-refractivity contribution in [2.45, 2.75) is 18.1 Å². The average molecular weight is 241 g/mol. The number of nitrogens with one attached hydrogen (secondary N) is 2. The molecule has 0 aliphatic carbocycles. The Labute approximate surface area is 101 Å². The fourth-order valence-corrected chi connectivity index (χ4v) is 1.09. The predicted octanol–water partition coefficient (Wildman–Crippen LogP) is -1.92. The maximum atomic E-state index is 11.2. The summed E-state index contributed by atoms with van der Waals surface area (Å²) >= 11 is 3.81. The molecule has 0 aromatic carbocycles. The van der Waals surface area contributed by atoms with Crippen LogP contribution >= 0.6 is 12.6 Å². The molecule has 0 fully saturated rings. The third-order valence-corrected chi connectivity index (χ3v) is 1.98. The number of amides is 2. The van der Waals surface area contributed by atoms with Crippen molar-refractivity contribution in [3.05, 3.63) is 0 Å². The van der Waals surface area contributed by atoms with Crippen LogP contribution in [0.1, 0.15) is 12.8 Å². The lowest BCUT2D eigenvalue weighted by Crippen LogP contribution is -2.36. The zero-order valence-corrected chi connectivity index (χ0v) is 9.37. The summed E-state index contributed by atoms with van der Waals surface area (Å²) in [6.45, 7) is 0.106. The zero-order valence-electron chi connectivity index (χ0n) is 8.47. The fourth-order valence-electron chi connectivity index (χ4n) is 0.840. The van der Waals surface area contributed by atoms with Gasteiger partial charge in [0.05, 0.1) is 11.7 Å². The Morgan fingerprint density at radius 3 is 2.56 bits per heavy atom. The molecular formula is C7H11B2N2O4S. The first-order valence-corrected chi connectivity index (χ1v) is 4.99. The van der Waals surface area contributed by atoms with Gasteiger partial charge in [0, 0.05) is 20.7 Å². The second-order valence-corrected chi connectivity index (χ2v) is 3.51. The Morgan fingerprint density at radius 2 is 2.06 bits per heavy atom. The largest absolute Gasteiger partial charge is 0.481 e. The van der Waals surface area contributed by atoms with Crippen molar-refractivity contribution >= 4 is 45.5 Å². The van der Waals surface area contributed by atoms with Gasteiger partial charge < -0.3 is 15.7 Å². The highest BCUT2D eigenvalue weighted by molar-refractivity contribution is 7.81. The molecular weight excluding hydrogens is 230 g/mol. The van der Waals surface area contributed by atoms with Crippen molar-refractivity contribution < 1.29 is 19.5 Å². The van der Waals surface area contributed by atoms with E-state index in [0.29, 0.717) is 0 Å². The van der Waals surface area contributed by atoms with Gasteiger partial charge in [-0.15, -0.1) is 0 Å². The number of carbonyl (C=O) groups is 3. The second-order valence-electron chi connectivity index (χ2n) is 2.89. The van der Waals surface area contributed by atoms with Gasteiger partial charge in [-0.25, -0.2) is 0 Å². The summed E-state index contributed by atoms with van der Waals surface area (Å²) in [5.74, 6) is -1.96. The smallest absolute Gasteiger partial charge is 0.304 e. The molecule has 0 spiro atoms. The van der Waals surface area contributed by atoms with E-state index in [1.807, 2.05) is 0 Å². The first-order chi connectivity index (χ1) is 7.47. The normalized spacial score (nSPS) is 11.3. The van der Waals surface area contributed by atoms with Crippen molar-refractivity contribution in [1.82, 2.24) is 10.5 Å². The maximum absolute atomic E-state index is 11.2. The molecule has 0 aromatic rings. The minimum atomic E-state index is -1.11. The third-order valence-electron chi connectivity index (χ3n) is 1.57. The monoisotopic (exact) mass is 241 g/mol. The highest BCUT2D eigenvalue weighted by Gasteiger charge is 2.16. The average Bonchev–Trinajstić information content (AvgIpc) is 2.16. The molecule has 0 aromatic heterocycles. The highest BCUT2D eigenvalue weighted by Crippen LogP contribution is 2.00. The van der Waals surface area contributed by atoms with Gasteiger partial charge in [-0.2, -0.15) is 12.6 Å². The number of carbonyl (C=O) groups excluding carboxylic acids is 2. The summed E-state index contributed by atoms with van der Waals surface area (Å²) in [7, 11) is 5.94. The van der Waals surface area contributed by atoms with Crippen LogP contribution in [-0.2, 0) is 14.4 Å². The van der Waals surface area contributed by atoms with E-state index >= 15 is 0 Å². The van der Waals surface area contributed by atoms with Crippen LogP contribution in [0.2, 0.25) is 0 Å². The molecule has 0 rings (SSSR count). The van der Waals surface area contributed by atoms with Crippen molar-refractivity contribution in [3.8, 4) is 0 Å². The molecule has 0 saturated carbocycles. The van der Waals surface area contributed by atoms with E-state index in [0.717, 1.165) is 7.31 Å². The van der Waals surface area contributed by atoms with E-state index in [4.69, 9.17) is 12.8 Å². The number of carboxylic acid groups (broad SMARTS) is 1. The lowest BCUT2D eigenvalue weighted by Gasteiger charge is -2.09. The molecule has 85 valence electrons. The maximum Gasteiger partial charge on any atom is 0.304 e. The molecule has 3 radical (unpaired) electrons. The van der Waals surface area contributed by atoms with Gasteiger partial charge in [0.15, 0.2) is 7.31 Å². The Morgan fingerprint density at radius 1 is 1.44 bits per heavy atom. The van der Waals surface area contributed by atoms with Gasteiger partial charge >= 0.3 is 5.97 Å². The standard InChI is InChI=1S/C7H11B2N2O4S/c8-9-11-5(12)1-2-10-7(15)4(16)3-6(13)14/h4,16H,1-3H2,(H,10,15)(H,11,12)(H,13,14). The van der Waals surface area contributed by atoms with Gasteiger partial charge in [-0.05, 0) is 0 Å². The lowest BCUT2D eigenvalue weighted by molar-refractivity contribution is -0.138. The van der Waals surface area contributed by atoms with E-state index < -0.39 is 17.1 Å². The summed E-state index contributed by atoms with van der Waals surface area (Å²) in [6.07, 6.45) is -0.301. The molecule has 9 heteroatoms. The molecule has 1 unspecified atom stereocenters. The van der Waals surface area contributed by atoms with Crippen molar-refractivity contribution in [2.75, 3.05) is 6.54 Å². The topological polar surface area (TPSA) is 95.5 Å². The van der Waals surface area contributed by atoms with Crippen LogP contribution in [0.3, 0.4) is 0 Å². The van der Waals surface area contributed by atoms with Crippen molar-refractivity contribution in [2.24, 2.45) is 0 Å². The predicted molar refractivity (Wildman–Crippen MR) is 62.3 cm³/mol. The van der Waals surface area contributed by atoms with Gasteiger partial charge in [0.1, 0.15) is 0 Å². The summed E-state index contributed by atoms with van der Waals surface area (Å²) in [6, 6.07) is 0. The fraction of sp³-hybridized carbons (Fsp3) is 0.571. The van der Waals surface area contributed by atoms with E-state index in [2.05, 4.69) is 23.2 Å². The molecule has 0 aliphatic heterocycles. The first-order valence-electron chi connectivity index (χ1n) is 4.47. The van der Waals surface area contributed by atoms with Gasteiger partial charge in [-0.3, -0.25) is 14.4 Å². The van der Waals surface area contributed by atoms with Crippen LogP contribution in [-0.4, -0.2) is 49.7 Å². The Hall–Kier alpha value is -1.11. The molecule has 16 heavy (non-hydrogen) atoms. The van der Waals surface area contributed by atoms with Crippen molar-refractivity contribution in [1.29, 1.82) is 0 Å². The number of hydrogen-bond donors (Lipinski definition) is 4. The molecule has 0 saturated heterocycles. The van der Waals surface area contributed by atoms with Crippen molar-refractivity contribution in [3.63, 3.8) is 0 Å². The van der Waals surface area contributed by atoms with Crippen LogP contribution in [0.25, 0.3) is 0 Å². The molecule has 3 N–H and O–H groups in total. The quantitative estimate of drug-likeness (QED) is 0.308. The summed E-state index contributed by atoms with van der Waals surface area (Å²) < 4.78 is 0. The SMILES string of the molecule is [B][B]NC(=O)CCNC(=O)C(S)CC(=O)O. The number of hydrogen-bond acceptors (Lipinski definition) is 4. The van der Waals surface area contributed by atoms with E-state index in [9.17, 15) is 14.4 Å². The summed E-state index contributed by atoms with van der Waals surface area (Å²) in [5, 5.41) is 12.1. The van der Waals surface area contributed by atoms with E-state index in [1.54, 1.807) is 0 Å². The van der Waals surface area contributed by atoms with Gasteiger partial charge in [0.2, 0.25) is 11.8 Å². The zero-order chi connectivity index (χ0) is 12.6. The number of rotatable bonds is 7. The molecule has 0 aliphatic rings. The Kier molecular flexibility index (Phi) is 7.53. The molecule has 0 bridgehead atoms. The number of aliphatic carboxylic acids is 1. The van der Waals surface area contributed by atoms with Gasteiger partial charge in [-0.1, -0.05) is 0 Å². The first kappa shape index (κ1) is 14.9. The minimum absolute atomic E-state index is 0.0625. The molecule has 6 nitrogen and oxygen atoms in total. The number of carboxylic acids is 1. The molecule has 2 amide bonds. The summed E-state index contributed by atoms with van der Waals surface area (Å²) in [5.41, 5.74) is 0. The molecule has 0 heterocycles. The third kappa shape index (κ3) is 7.22. The van der Waals surface area contributed by atoms with Gasteiger partial charge in [0.25, 0.3) is 0 Å². The van der Waals surface area contributed by atoms with Crippen LogP contribution in [0.4, 0.5) is 0 Å². The van der Waals surface area contributed by atoms with Crippen LogP contribution < -0.4 is 10.5 Å². The van der Waals surface area contributed by atoms with Crippen LogP contribution in [0, 0.1) is 0 Å². The number of thiol groups is 1. The Balaban J connectivity index is 3.72. The second kappa shape index (κ2) is 8.09.